The molecule has 106 valence electrons. The molecular weight excluding hydrogens is 318 g/mol. The van der Waals surface area contributed by atoms with Crippen LogP contribution in [0.3, 0.4) is 0 Å². The molecule has 0 fully saturated rings. The summed E-state index contributed by atoms with van der Waals surface area (Å²) >= 11 is 3.43. The van der Waals surface area contributed by atoms with Crippen molar-refractivity contribution in [2.24, 2.45) is 0 Å². The van der Waals surface area contributed by atoms with E-state index in [1.54, 1.807) is 7.11 Å². The number of methoxy groups -OCH3 is 1. The summed E-state index contributed by atoms with van der Waals surface area (Å²) in [6, 6.07) is 12.0. The largest absolute Gasteiger partial charge is 0.457 e. The highest BCUT2D eigenvalue weighted by Crippen LogP contribution is 2.24. The summed E-state index contributed by atoms with van der Waals surface area (Å²) in [5.41, 5.74) is 1.08. The normalized spacial score (nSPS) is 11.3. The Kier molecular flexibility index (Phi) is 6.05. The molecule has 1 aromatic heterocycles. The molecule has 1 aromatic carbocycles. The number of ether oxygens (including phenoxy) is 1. The van der Waals surface area contributed by atoms with Crippen LogP contribution in [0.4, 0.5) is 0 Å². The van der Waals surface area contributed by atoms with E-state index in [0.29, 0.717) is 0 Å². The van der Waals surface area contributed by atoms with Gasteiger partial charge in [0.25, 0.3) is 0 Å². The molecule has 0 bridgehead atoms. The molecule has 20 heavy (non-hydrogen) atoms. The van der Waals surface area contributed by atoms with Gasteiger partial charge in [-0.1, -0.05) is 34.1 Å². The zero-order valence-electron chi connectivity index (χ0n) is 11.4. The predicted octanol–water partition coefficient (Wildman–Crippen LogP) is 3.96. The Morgan fingerprint density at radius 1 is 1.20 bits per heavy atom. The van der Waals surface area contributed by atoms with E-state index in [1.165, 1.54) is 0 Å². The highest BCUT2D eigenvalue weighted by molar-refractivity contribution is 9.10. The van der Waals surface area contributed by atoms with Crippen molar-refractivity contribution >= 4 is 22.0 Å². The van der Waals surface area contributed by atoms with Gasteiger partial charge in [0.15, 0.2) is 0 Å². The van der Waals surface area contributed by atoms with E-state index in [1.807, 2.05) is 48.6 Å². The fourth-order valence-electron chi connectivity index (χ4n) is 1.75. The summed E-state index contributed by atoms with van der Waals surface area (Å²) < 4.78 is 11.8. The standard InChI is InChI=1S/C16H18BrNO2/c1-19-12-11-18-10-2-3-15-8-9-16(20-15)13-4-6-14(17)7-5-13/h2-9,18H,10-12H2,1H3. The Morgan fingerprint density at radius 2 is 2.00 bits per heavy atom. The smallest absolute Gasteiger partial charge is 0.134 e. The highest BCUT2D eigenvalue weighted by atomic mass is 79.9. The van der Waals surface area contributed by atoms with Crippen molar-refractivity contribution in [2.75, 3.05) is 26.8 Å². The third-order valence-corrected chi connectivity index (χ3v) is 3.31. The molecule has 0 aliphatic heterocycles. The van der Waals surface area contributed by atoms with Gasteiger partial charge in [0, 0.05) is 30.2 Å². The van der Waals surface area contributed by atoms with Gasteiger partial charge in [-0.15, -0.1) is 0 Å². The van der Waals surface area contributed by atoms with E-state index in [9.17, 15) is 0 Å². The first-order chi connectivity index (χ1) is 9.79. The molecule has 0 aliphatic carbocycles. The van der Waals surface area contributed by atoms with Crippen molar-refractivity contribution in [2.45, 2.75) is 0 Å². The zero-order valence-corrected chi connectivity index (χ0v) is 13.0. The molecule has 0 spiro atoms. The predicted molar refractivity (Wildman–Crippen MR) is 85.6 cm³/mol. The SMILES string of the molecule is COCCNCC=Cc1ccc(-c2ccc(Br)cc2)o1. The van der Waals surface area contributed by atoms with Gasteiger partial charge in [-0.05, 0) is 30.3 Å². The molecule has 0 saturated carbocycles. The maximum Gasteiger partial charge on any atom is 0.134 e. The maximum absolute atomic E-state index is 5.78. The second kappa shape index (κ2) is 8.04. The van der Waals surface area contributed by atoms with Gasteiger partial charge in [-0.25, -0.2) is 0 Å². The van der Waals surface area contributed by atoms with E-state index >= 15 is 0 Å². The van der Waals surface area contributed by atoms with Gasteiger partial charge in [0.1, 0.15) is 11.5 Å². The van der Waals surface area contributed by atoms with E-state index in [-0.39, 0.29) is 0 Å². The fourth-order valence-corrected chi connectivity index (χ4v) is 2.01. The lowest BCUT2D eigenvalue weighted by atomic mass is 10.2. The van der Waals surface area contributed by atoms with Crippen LogP contribution in [0.5, 0.6) is 0 Å². The summed E-state index contributed by atoms with van der Waals surface area (Å²) in [7, 11) is 1.70. The van der Waals surface area contributed by atoms with Crippen LogP contribution in [0.1, 0.15) is 5.76 Å². The lowest BCUT2D eigenvalue weighted by molar-refractivity contribution is 0.200. The summed E-state index contributed by atoms with van der Waals surface area (Å²) in [5.74, 6) is 1.74. The number of benzene rings is 1. The minimum atomic E-state index is 0.725. The first-order valence-electron chi connectivity index (χ1n) is 6.51. The van der Waals surface area contributed by atoms with Crippen molar-refractivity contribution < 1.29 is 9.15 Å². The van der Waals surface area contributed by atoms with Crippen molar-refractivity contribution in [3.63, 3.8) is 0 Å². The maximum atomic E-state index is 5.78. The van der Waals surface area contributed by atoms with Crippen molar-refractivity contribution in [1.82, 2.24) is 5.32 Å². The molecule has 0 amide bonds. The van der Waals surface area contributed by atoms with Gasteiger partial charge >= 0.3 is 0 Å². The van der Waals surface area contributed by atoms with Gasteiger partial charge in [0.2, 0.25) is 0 Å². The Morgan fingerprint density at radius 3 is 2.75 bits per heavy atom. The molecule has 0 radical (unpaired) electrons. The Balaban J connectivity index is 1.89. The first kappa shape index (κ1) is 15.0. The molecule has 1 N–H and O–H groups in total. The Bertz CT molecular complexity index is 546. The van der Waals surface area contributed by atoms with Crippen LogP contribution in [-0.2, 0) is 4.74 Å². The van der Waals surface area contributed by atoms with Gasteiger partial charge < -0.3 is 14.5 Å². The van der Waals surface area contributed by atoms with Gasteiger partial charge in [-0.3, -0.25) is 0 Å². The Labute approximate surface area is 127 Å². The number of halogens is 1. The van der Waals surface area contributed by atoms with Crippen LogP contribution in [0.15, 0.2) is 51.4 Å². The molecular formula is C16H18BrNO2. The number of furan rings is 1. The molecule has 4 heteroatoms. The van der Waals surface area contributed by atoms with Crippen molar-refractivity contribution in [3.05, 3.63) is 52.7 Å². The molecule has 2 rings (SSSR count). The van der Waals surface area contributed by atoms with Gasteiger partial charge in [0.05, 0.1) is 6.61 Å². The van der Waals surface area contributed by atoms with E-state index < -0.39 is 0 Å². The minimum absolute atomic E-state index is 0.725. The molecule has 0 saturated heterocycles. The zero-order chi connectivity index (χ0) is 14.2. The number of rotatable bonds is 7. The van der Waals surface area contributed by atoms with Crippen LogP contribution in [-0.4, -0.2) is 26.8 Å². The third-order valence-electron chi connectivity index (χ3n) is 2.78. The summed E-state index contributed by atoms with van der Waals surface area (Å²) in [4.78, 5) is 0. The summed E-state index contributed by atoms with van der Waals surface area (Å²) in [5, 5.41) is 3.24. The lowest BCUT2D eigenvalue weighted by Gasteiger charge is -1.98. The fraction of sp³-hybridized carbons (Fsp3) is 0.250. The number of nitrogens with one attached hydrogen (secondary N) is 1. The average molecular weight is 336 g/mol. The van der Waals surface area contributed by atoms with E-state index in [0.717, 1.165) is 41.3 Å². The quantitative estimate of drug-likeness (QED) is 0.777. The molecule has 2 aromatic rings. The van der Waals surface area contributed by atoms with Gasteiger partial charge in [-0.2, -0.15) is 0 Å². The van der Waals surface area contributed by atoms with E-state index in [4.69, 9.17) is 9.15 Å². The highest BCUT2D eigenvalue weighted by Gasteiger charge is 2.02. The van der Waals surface area contributed by atoms with Crippen LogP contribution in [0.2, 0.25) is 0 Å². The number of hydrogen-bond donors (Lipinski definition) is 1. The average Bonchev–Trinajstić information content (AvgIpc) is 2.92. The van der Waals surface area contributed by atoms with Crippen LogP contribution in [0, 0.1) is 0 Å². The van der Waals surface area contributed by atoms with Crippen LogP contribution >= 0.6 is 15.9 Å². The molecule has 0 unspecified atom stereocenters. The molecule has 3 nitrogen and oxygen atoms in total. The van der Waals surface area contributed by atoms with Crippen molar-refractivity contribution in [1.29, 1.82) is 0 Å². The lowest BCUT2D eigenvalue weighted by Crippen LogP contribution is -2.18. The van der Waals surface area contributed by atoms with Crippen LogP contribution in [0.25, 0.3) is 17.4 Å². The molecule has 0 atom stereocenters. The monoisotopic (exact) mass is 335 g/mol. The second-order valence-electron chi connectivity index (χ2n) is 4.31. The molecule has 0 aliphatic rings. The third kappa shape index (κ3) is 4.63. The summed E-state index contributed by atoms with van der Waals surface area (Å²) in [6.07, 6.45) is 4.02. The minimum Gasteiger partial charge on any atom is -0.457 e. The van der Waals surface area contributed by atoms with Crippen LogP contribution < -0.4 is 5.32 Å². The van der Waals surface area contributed by atoms with E-state index in [2.05, 4.69) is 21.2 Å². The Hall–Kier alpha value is -1.36. The summed E-state index contributed by atoms with van der Waals surface area (Å²) in [6.45, 7) is 2.38. The first-order valence-corrected chi connectivity index (χ1v) is 7.31. The second-order valence-corrected chi connectivity index (χ2v) is 5.22. The number of hydrogen-bond acceptors (Lipinski definition) is 3. The molecule has 1 heterocycles. The van der Waals surface area contributed by atoms with Crippen molar-refractivity contribution in [3.8, 4) is 11.3 Å². The topological polar surface area (TPSA) is 34.4 Å².